The highest BCUT2D eigenvalue weighted by atomic mass is 32.2. The summed E-state index contributed by atoms with van der Waals surface area (Å²) >= 11 is 0. The van der Waals surface area contributed by atoms with Gasteiger partial charge in [0.25, 0.3) is 0 Å². The third-order valence-electron chi connectivity index (χ3n) is 4.96. The molecule has 0 N–H and O–H groups in total. The summed E-state index contributed by atoms with van der Waals surface area (Å²) in [5.74, 6) is 0.643. The van der Waals surface area contributed by atoms with E-state index in [4.69, 9.17) is 0 Å². The van der Waals surface area contributed by atoms with Crippen molar-refractivity contribution in [2.24, 2.45) is 0 Å². The number of pyridine rings is 1. The minimum atomic E-state index is -3.44. The molecule has 1 aromatic heterocycles. The first kappa shape index (κ1) is 19.4. The summed E-state index contributed by atoms with van der Waals surface area (Å²) in [4.78, 5) is 6.38. The van der Waals surface area contributed by atoms with E-state index >= 15 is 0 Å². The van der Waals surface area contributed by atoms with Crippen molar-refractivity contribution < 1.29 is 12.6 Å². The predicted octanol–water partition coefficient (Wildman–Crippen LogP) is 2.78. The molecule has 0 aliphatic carbocycles. The van der Waals surface area contributed by atoms with E-state index in [0.717, 1.165) is 25.1 Å². The third kappa shape index (κ3) is 3.38. The molecule has 1 unspecified atom stereocenters. The Balaban J connectivity index is 2.28. The van der Waals surface area contributed by atoms with Crippen LogP contribution in [0.15, 0.2) is 23.4 Å². The molecule has 136 valence electrons. The lowest BCUT2D eigenvalue weighted by Gasteiger charge is -2.42. The normalized spacial score (nSPS) is 21.7. The van der Waals surface area contributed by atoms with Crippen molar-refractivity contribution in [2.75, 3.05) is 23.7 Å². The molecule has 1 saturated heterocycles. The molecule has 0 bridgehead atoms. The average molecular weight is 373 g/mol. The Labute approximate surface area is 148 Å². The maximum Gasteiger partial charge on any atom is 0.200 e. The van der Waals surface area contributed by atoms with Gasteiger partial charge in [0.2, 0.25) is 0 Å². The highest BCUT2D eigenvalue weighted by Crippen LogP contribution is 2.32. The largest absolute Gasteiger partial charge is 0.368 e. The molecule has 1 aliphatic heterocycles. The lowest BCUT2D eigenvalue weighted by Crippen LogP contribution is -2.53. The van der Waals surface area contributed by atoms with Crippen LogP contribution in [-0.2, 0) is 20.6 Å². The molecule has 2 heterocycles. The van der Waals surface area contributed by atoms with Gasteiger partial charge in [0.15, 0.2) is 14.9 Å². The maximum absolute atomic E-state index is 12.5. The van der Waals surface area contributed by atoms with Crippen LogP contribution in [-0.4, -0.2) is 45.9 Å². The second kappa shape index (κ2) is 6.75. The van der Waals surface area contributed by atoms with Crippen LogP contribution >= 0.6 is 0 Å². The van der Waals surface area contributed by atoms with Crippen LogP contribution in [0.5, 0.6) is 0 Å². The van der Waals surface area contributed by atoms with Crippen LogP contribution in [0.1, 0.15) is 47.5 Å². The summed E-state index contributed by atoms with van der Waals surface area (Å²) in [7, 11) is -4.26. The van der Waals surface area contributed by atoms with E-state index in [-0.39, 0.29) is 9.77 Å². The van der Waals surface area contributed by atoms with E-state index in [9.17, 15) is 12.6 Å². The summed E-state index contributed by atoms with van der Waals surface area (Å²) in [6.45, 7) is 10.6. The minimum Gasteiger partial charge on any atom is -0.368 e. The van der Waals surface area contributed by atoms with Gasteiger partial charge in [-0.05, 0) is 45.7 Å². The van der Waals surface area contributed by atoms with Gasteiger partial charge in [-0.3, -0.25) is 4.21 Å². The number of aromatic nitrogens is 1. The lowest BCUT2D eigenvalue weighted by atomic mass is 10.0. The fourth-order valence-electron chi connectivity index (χ4n) is 2.96. The molecule has 1 aliphatic rings. The summed E-state index contributed by atoms with van der Waals surface area (Å²) in [6.07, 6.45) is 3.37. The second-order valence-electron chi connectivity index (χ2n) is 7.33. The smallest absolute Gasteiger partial charge is 0.200 e. The molecule has 1 fully saturated rings. The van der Waals surface area contributed by atoms with Crippen LogP contribution in [0, 0.1) is 0 Å². The maximum atomic E-state index is 12.5. The number of anilines is 1. The minimum absolute atomic E-state index is 0.108. The molecular weight excluding hydrogens is 344 g/mol. The molecule has 0 spiro atoms. The molecule has 5 nitrogen and oxygen atoms in total. The van der Waals surface area contributed by atoms with Crippen LogP contribution in [0.3, 0.4) is 0 Å². The average Bonchev–Trinajstić information content (AvgIpc) is 2.55. The van der Waals surface area contributed by atoms with Crippen molar-refractivity contribution in [3.63, 3.8) is 0 Å². The molecule has 0 aromatic carbocycles. The monoisotopic (exact) mass is 372 g/mol. The van der Waals surface area contributed by atoms with Crippen LogP contribution in [0.4, 0.5) is 5.69 Å². The third-order valence-corrected chi connectivity index (χ3v) is 9.59. The van der Waals surface area contributed by atoms with E-state index in [0.29, 0.717) is 12.3 Å². The Hall–Kier alpha value is -0.950. The van der Waals surface area contributed by atoms with Crippen molar-refractivity contribution >= 4 is 26.3 Å². The van der Waals surface area contributed by atoms with Gasteiger partial charge < -0.3 is 4.90 Å². The molecule has 24 heavy (non-hydrogen) atoms. The first-order chi connectivity index (χ1) is 11.1. The number of nitrogens with zero attached hydrogens (tertiary/aromatic N) is 2. The molecule has 2 rings (SSSR count). The molecular formula is C17H28N2O3S2. The van der Waals surface area contributed by atoms with Gasteiger partial charge in [-0.25, -0.2) is 13.4 Å². The van der Waals surface area contributed by atoms with Gasteiger partial charge in [-0.15, -0.1) is 0 Å². The van der Waals surface area contributed by atoms with E-state index in [1.807, 2.05) is 6.07 Å². The quantitative estimate of drug-likeness (QED) is 0.813. The molecule has 0 radical (unpaired) electrons. The Morgan fingerprint density at radius 1 is 1.25 bits per heavy atom. The molecule has 0 saturated carbocycles. The van der Waals surface area contributed by atoms with Gasteiger partial charge in [-0.1, -0.05) is 13.8 Å². The fourth-order valence-corrected chi connectivity index (χ4v) is 5.79. The Morgan fingerprint density at radius 3 is 2.33 bits per heavy atom. The van der Waals surface area contributed by atoms with Gasteiger partial charge in [-0.2, -0.15) is 0 Å². The van der Waals surface area contributed by atoms with Gasteiger partial charge in [0, 0.05) is 29.6 Å². The Morgan fingerprint density at radius 2 is 1.88 bits per heavy atom. The van der Waals surface area contributed by atoms with E-state index in [1.165, 1.54) is 0 Å². The number of sulfone groups is 1. The fraction of sp³-hybridized carbons (Fsp3) is 0.706. The van der Waals surface area contributed by atoms with E-state index < -0.39 is 25.4 Å². The standard InChI is InChI=1S/C17H28N2O3S2/c1-6-17(7-2)13-19(10-11-23(17)20)14-8-9-15(18-12-14)24(21,22)16(3,4)5/h8-9,12H,6-7,10-11,13H2,1-5H3. The molecule has 1 atom stereocenters. The van der Waals surface area contributed by atoms with Crippen molar-refractivity contribution in [3.05, 3.63) is 18.3 Å². The van der Waals surface area contributed by atoms with Crippen molar-refractivity contribution in [1.82, 2.24) is 4.98 Å². The zero-order valence-electron chi connectivity index (χ0n) is 15.2. The second-order valence-corrected chi connectivity index (χ2v) is 11.9. The van der Waals surface area contributed by atoms with Crippen molar-refractivity contribution in [1.29, 1.82) is 0 Å². The van der Waals surface area contributed by atoms with Gasteiger partial charge in [0.05, 0.1) is 21.4 Å². The van der Waals surface area contributed by atoms with Crippen LogP contribution < -0.4 is 4.90 Å². The molecule has 7 heteroatoms. The summed E-state index contributed by atoms with van der Waals surface area (Å²) in [5.41, 5.74) is 0.894. The zero-order valence-corrected chi connectivity index (χ0v) is 16.8. The van der Waals surface area contributed by atoms with Crippen LogP contribution in [0.25, 0.3) is 0 Å². The number of hydrogen-bond donors (Lipinski definition) is 0. The van der Waals surface area contributed by atoms with Gasteiger partial charge >= 0.3 is 0 Å². The summed E-state index contributed by atoms with van der Waals surface area (Å²) < 4.78 is 36.3. The lowest BCUT2D eigenvalue weighted by molar-refractivity contribution is 0.496. The summed E-state index contributed by atoms with van der Waals surface area (Å²) in [5, 5.41) is 0.108. The Bertz CT molecular complexity index is 702. The predicted molar refractivity (Wildman–Crippen MR) is 99.7 cm³/mol. The SMILES string of the molecule is CCC1(CC)CN(c2ccc(S(=O)(=O)C(C)(C)C)nc2)CCS1=O. The summed E-state index contributed by atoms with van der Waals surface area (Å²) in [6, 6.07) is 3.40. The first-order valence-electron chi connectivity index (χ1n) is 8.41. The zero-order chi connectivity index (χ0) is 18.2. The van der Waals surface area contributed by atoms with Crippen molar-refractivity contribution in [2.45, 2.75) is 62.0 Å². The van der Waals surface area contributed by atoms with E-state index in [1.54, 1.807) is 33.0 Å². The highest BCUT2D eigenvalue weighted by Gasteiger charge is 2.39. The Kier molecular flexibility index (Phi) is 5.45. The van der Waals surface area contributed by atoms with Gasteiger partial charge in [0.1, 0.15) is 0 Å². The van der Waals surface area contributed by atoms with E-state index in [2.05, 4.69) is 23.7 Å². The molecule has 0 amide bonds. The first-order valence-corrected chi connectivity index (χ1v) is 11.2. The van der Waals surface area contributed by atoms with Crippen LogP contribution in [0.2, 0.25) is 0 Å². The molecule has 1 aromatic rings. The number of hydrogen-bond acceptors (Lipinski definition) is 5. The topological polar surface area (TPSA) is 67.3 Å². The highest BCUT2D eigenvalue weighted by molar-refractivity contribution is 7.92. The number of rotatable bonds is 4. The van der Waals surface area contributed by atoms with Crippen molar-refractivity contribution in [3.8, 4) is 0 Å².